The summed E-state index contributed by atoms with van der Waals surface area (Å²) in [6.45, 7) is 2.45. The van der Waals surface area contributed by atoms with Crippen LogP contribution in [0.2, 0.25) is 5.02 Å². The number of benzene rings is 2. The maximum Gasteiger partial charge on any atom is 0.246 e. The van der Waals surface area contributed by atoms with E-state index in [4.69, 9.17) is 21.1 Å². The van der Waals surface area contributed by atoms with Crippen molar-refractivity contribution in [2.75, 3.05) is 20.2 Å². The van der Waals surface area contributed by atoms with Gasteiger partial charge in [-0.3, -0.25) is 4.79 Å². The van der Waals surface area contributed by atoms with Crippen molar-refractivity contribution in [2.45, 2.75) is 36.7 Å². The Balaban J connectivity index is 1.56. The topological polar surface area (TPSA) is 72.9 Å². The fraction of sp³-hybridized carbons (Fsp3) is 0.381. The fourth-order valence-corrected chi connectivity index (χ4v) is 5.87. The van der Waals surface area contributed by atoms with Crippen molar-refractivity contribution >= 4 is 27.4 Å². The van der Waals surface area contributed by atoms with Crippen molar-refractivity contribution in [3.8, 4) is 11.5 Å². The summed E-state index contributed by atoms with van der Waals surface area (Å²) < 4.78 is 39.2. The molecule has 29 heavy (non-hydrogen) atoms. The fourth-order valence-electron chi connectivity index (χ4n) is 4.01. The SMILES string of the molecule is COc1ccc(Cl)cc1S(=O)(=O)N1CCC2(CC1)CC(=O)c1cc(C)ccc1O2. The summed E-state index contributed by atoms with van der Waals surface area (Å²) in [4.78, 5) is 12.7. The molecule has 1 saturated heterocycles. The molecule has 1 spiro atoms. The van der Waals surface area contributed by atoms with Crippen molar-refractivity contribution in [2.24, 2.45) is 0 Å². The van der Waals surface area contributed by atoms with Crippen LogP contribution in [0.15, 0.2) is 41.3 Å². The van der Waals surface area contributed by atoms with Gasteiger partial charge in [-0.25, -0.2) is 8.42 Å². The predicted octanol–water partition coefficient (Wildman–Crippen LogP) is 3.85. The van der Waals surface area contributed by atoms with Crippen LogP contribution in [0, 0.1) is 6.92 Å². The molecular weight excluding hydrogens is 414 g/mol. The lowest BCUT2D eigenvalue weighted by Crippen LogP contribution is -2.52. The van der Waals surface area contributed by atoms with Crippen LogP contribution in [0.3, 0.4) is 0 Å². The first-order valence-corrected chi connectivity index (χ1v) is 11.2. The number of methoxy groups -OCH3 is 1. The second kappa shape index (κ2) is 7.31. The number of carbonyl (C=O) groups is 1. The molecule has 1 fully saturated rings. The number of fused-ring (bicyclic) bond motifs is 1. The van der Waals surface area contributed by atoms with Crippen LogP contribution in [0.1, 0.15) is 35.2 Å². The largest absolute Gasteiger partial charge is 0.495 e. The van der Waals surface area contributed by atoms with E-state index in [2.05, 4.69) is 0 Å². The number of hydrogen-bond donors (Lipinski definition) is 0. The zero-order valence-electron chi connectivity index (χ0n) is 16.3. The van der Waals surface area contributed by atoms with Crippen LogP contribution in [-0.2, 0) is 10.0 Å². The smallest absolute Gasteiger partial charge is 0.246 e. The minimum absolute atomic E-state index is 0.0442. The van der Waals surface area contributed by atoms with Gasteiger partial charge in [0.05, 0.1) is 19.1 Å². The highest BCUT2D eigenvalue weighted by Crippen LogP contribution is 2.41. The first kappa shape index (κ1) is 20.2. The van der Waals surface area contributed by atoms with E-state index in [0.717, 1.165) is 5.56 Å². The summed E-state index contributed by atoms with van der Waals surface area (Å²) >= 11 is 6.01. The zero-order chi connectivity index (χ0) is 20.8. The summed E-state index contributed by atoms with van der Waals surface area (Å²) in [6.07, 6.45) is 1.14. The standard InChI is InChI=1S/C21H22ClNO5S/c1-14-3-5-18-16(11-14)17(24)13-21(28-18)7-9-23(10-8-21)29(25,26)20-12-15(22)4-6-19(20)27-2/h3-6,11-12H,7-10,13H2,1-2H3. The third kappa shape index (κ3) is 3.63. The molecule has 0 unspecified atom stereocenters. The Labute approximate surface area is 175 Å². The van der Waals surface area contributed by atoms with Gasteiger partial charge in [0.25, 0.3) is 0 Å². The van der Waals surface area contributed by atoms with E-state index in [0.29, 0.717) is 29.2 Å². The Bertz CT molecular complexity index is 1070. The van der Waals surface area contributed by atoms with Gasteiger partial charge in [0.15, 0.2) is 5.78 Å². The number of piperidine rings is 1. The van der Waals surface area contributed by atoms with Crippen LogP contribution in [-0.4, -0.2) is 44.3 Å². The van der Waals surface area contributed by atoms with Crippen LogP contribution in [0.5, 0.6) is 11.5 Å². The molecule has 0 N–H and O–H groups in total. The quantitative estimate of drug-likeness (QED) is 0.732. The summed E-state index contributed by atoms with van der Waals surface area (Å²) in [5.41, 5.74) is 0.950. The third-order valence-corrected chi connectivity index (χ3v) is 7.78. The van der Waals surface area contributed by atoms with Crippen molar-refractivity contribution in [1.82, 2.24) is 4.31 Å². The number of rotatable bonds is 3. The maximum absolute atomic E-state index is 13.2. The van der Waals surface area contributed by atoms with Gasteiger partial charge >= 0.3 is 0 Å². The molecule has 154 valence electrons. The molecule has 0 aliphatic carbocycles. The van der Waals surface area contributed by atoms with E-state index in [1.807, 2.05) is 25.1 Å². The molecule has 4 rings (SSSR count). The molecule has 0 aromatic heterocycles. The zero-order valence-corrected chi connectivity index (χ0v) is 17.8. The van der Waals surface area contributed by atoms with Crippen LogP contribution >= 0.6 is 11.6 Å². The molecule has 6 nitrogen and oxygen atoms in total. The Morgan fingerprint density at radius 2 is 1.86 bits per heavy atom. The highest BCUT2D eigenvalue weighted by atomic mass is 35.5. The molecule has 0 bridgehead atoms. The second-order valence-corrected chi connectivity index (χ2v) is 9.93. The number of ether oxygens (including phenoxy) is 2. The maximum atomic E-state index is 13.2. The van der Waals surface area contributed by atoms with Crippen molar-refractivity contribution in [1.29, 1.82) is 0 Å². The van der Waals surface area contributed by atoms with Gasteiger partial charge in [0.2, 0.25) is 10.0 Å². The van der Waals surface area contributed by atoms with Crippen LogP contribution in [0.4, 0.5) is 0 Å². The van der Waals surface area contributed by atoms with Crippen molar-refractivity contribution in [3.05, 3.63) is 52.5 Å². The van der Waals surface area contributed by atoms with E-state index in [9.17, 15) is 13.2 Å². The third-order valence-electron chi connectivity index (χ3n) is 5.62. The van der Waals surface area contributed by atoms with E-state index < -0.39 is 15.6 Å². The minimum atomic E-state index is -3.78. The second-order valence-electron chi connectivity index (χ2n) is 7.58. The van der Waals surface area contributed by atoms with E-state index in [1.165, 1.54) is 17.5 Å². The highest BCUT2D eigenvalue weighted by Gasteiger charge is 2.45. The molecule has 8 heteroatoms. The highest BCUT2D eigenvalue weighted by molar-refractivity contribution is 7.89. The number of carbonyl (C=O) groups excluding carboxylic acids is 1. The molecule has 2 aromatic rings. The predicted molar refractivity (Wildman–Crippen MR) is 109 cm³/mol. The molecule has 0 radical (unpaired) electrons. The Morgan fingerprint density at radius 1 is 1.14 bits per heavy atom. The van der Waals surface area contributed by atoms with Crippen LogP contribution in [0.25, 0.3) is 0 Å². The van der Waals surface area contributed by atoms with Gasteiger partial charge in [0, 0.05) is 31.0 Å². The Morgan fingerprint density at radius 3 is 2.55 bits per heavy atom. The average Bonchev–Trinajstić information content (AvgIpc) is 2.69. The number of aryl methyl sites for hydroxylation is 1. The van der Waals surface area contributed by atoms with E-state index >= 15 is 0 Å². The van der Waals surface area contributed by atoms with Gasteiger partial charge in [-0.2, -0.15) is 4.31 Å². The molecule has 2 heterocycles. The summed E-state index contributed by atoms with van der Waals surface area (Å²) in [7, 11) is -2.35. The number of halogens is 1. The lowest BCUT2D eigenvalue weighted by atomic mass is 9.83. The first-order valence-electron chi connectivity index (χ1n) is 9.41. The normalized spacial score (nSPS) is 18.9. The molecule has 0 saturated carbocycles. The Kier molecular flexibility index (Phi) is 5.09. The van der Waals surface area contributed by atoms with Gasteiger partial charge in [-0.15, -0.1) is 0 Å². The minimum Gasteiger partial charge on any atom is -0.495 e. The Hall–Kier alpha value is -2.09. The lowest BCUT2D eigenvalue weighted by molar-refractivity contribution is 0.00588. The molecule has 2 aliphatic rings. The number of sulfonamides is 1. The lowest BCUT2D eigenvalue weighted by Gasteiger charge is -2.43. The summed E-state index contributed by atoms with van der Waals surface area (Å²) in [5.74, 6) is 0.880. The monoisotopic (exact) mass is 435 g/mol. The summed E-state index contributed by atoms with van der Waals surface area (Å²) in [5, 5.41) is 0.325. The van der Waals surface area contributed by atoms with Gasteiger partial charge in [0.1, 0.15) is 22.0 Å². The number of hydrogen-bond acceptors (Lipinski definition) is 5. The first-order chi connectivity index (χ1) is 13.7. The van der Waals surface area contributed by atoms with Crippen molar-refractivity contribution < 1.29 is 22.7 Å². The summed E-state index contributed by atoms with van der Waals surface area (Å²) in [6, 6.07) is 10.1. The van der Waals surface area contributed by atoms with Gasteiger partial charge in [-0.05, 0) is 37.3 Å². The van der Waals surface area contributed by atoms with Crippen LogP contribution < -0.4 is 9.47 Å². The number of ketones is 1. The van der Waals surface area contributed by atoms with E-state index in [-0.39, 0.29) is 35.9 Å². The average molecular weight is 436 g/mol. The van der Waals surface area contributed by atoms with E-state index in [1.54, 1.807) is 12.1 Å². The molecule has 2 aromatic carbocycles. The molecular formula is C21H22ClNO5S. The molecule has 0 amide bonds. The van der Waals surface area contributed by atoms with Crippen molar-refractivity contribution in [3.63, 3.8) is 0 Å². The molecule has 2 aliphatic heterocycles. The van der Waals surface area contributed by atoms with Gasteiger partial charge in [-0.1, -0.05) is 23.2 Å². The van der Waals surface area contributed by atoms with Gasteiger partial charge < -0.3 is 9.47 Å². The molecule has 0 atom stereocenters. The number of Topliss-reactive ketones (excluding diaryl/α,β-unsaturated/α-hetero) is 1. The number of nitrogens with zero attached hydrogens (tertiary/aromatic N) is 1.